The van der Waals surface area contributed by atoms with Gasteiger partial charge in [0.05, 0.1) is 26.1 Å². The van der Waals surface area contributed by atoms with Gasteiger partial charge in [-0.1, -0.05) is 148 Å². The number of phenolic OH excluding ortho intramolecular Hbond substituents is 1. The number of esters is 2. The first-order valence-electron chi connectivity index (χ1n) is 17.2. The molecule has 0 aliphatic rings. The lowest BCUT2D eigenvalue weighted by atomic mass is 10.1. The molecule has 0 heterocycles. The zero-order valence-corrected chi connectivity index (χ0v) is 28.1. The van der Waals surface area contributed by atoms with Gasteiger partial charge in [-0.05, 0) is 25.0 Å². The van der Waals surface area contributed by atoms with Gasteiger partial charge in [0.25, 0.3) is 0 Å². The van der Waals surface area contributed by atoms with Gasteiger partial charge in [0.1, 0.15) is 5.75 Å². The Morgan fingerprint density at radius 1 is 0.548 bits per heavy atom. The highest BCUT2D eigenvalue weighted by atomic mass is 32.2. The van der Waals surface area contributed by atoms with Gasteiger partial charge in [-0.2, -0.15) is 11.8 Å². The second-order valence-corrected chi connectivity index (χ2v) is 12.5. The summed E-state index contributed by atoms with van der Waals surface area (Å²) < 4.78 is 10.6. The molecule has 0 bridgehead atoms. The average molecular weight is 609 g/mol. The molecule has 0 aliphatic heterocycles. The molecule has 1 N–H and O–H groups in total. The topological polar surface area (TPSA) is 72.8 Å². The third-order valence-corrected chi connectivity index (χ3v) is 8.16. The summed E-state index contributed by atoms with van der Waals surface area (Å²) >= 11 is 1.63. The van der Waals surface area contributed by atoms with Gasteiger partial charge in [0.2, 0.25) is 0 Å². The lowest BCUT2D eigenvalue weighted by Gasteiger charge is -2.06. The van der Waals surface area contributed by atoms with E-state index in [0.29, 0.717) is 43.3 Å². The van der Waals surface area contributed by atoms with E-state index in [1.54, 1.807) is 36.0 Å². The van der Waals surface area contributed by atoms with E-state index < -0.39 is 0 Å². The number of hydrogen-bond donors (Lipinski definition) is 1. The Balaban J connectivity index is 0.00000207. The van der Waals surface area contributed by atoms with E-state index in [2.05, 4.69) is 13.8 Å². The fourth-order valence-electron chi connectivity index (χ4n) is 4.54. The Kier molecular flexibility index (Phi) is 32.4. The van der Waals surface area contributed by atoms with Gasteiger partial charge in [-0.3, -0.25) is 9.59 Å². The molecule has 1 rings (SSSR count). The molecular weight excluding hydrogens is 544 g/mol. The maximum absolute atomic E-state index is 11.8. The van der Waals surface area contributed by atoms with Gasteiger partial charge in [-0.25, -0.2) is 0 Å². The molecule has 0 amide bonds. The molecular formula is C36H64O5S. The molecule has 0 spiro atoms. The van der Waals surface area contributed by atoms with Crippen LogP contribution in [0.2, 0.25) is 0 Å². The Morgan fingerprint density at radius 2 is 0.881 bits per heavy atom. The van der Waals surface area contributed by atoms with E-state index in [1.165, 1.54) is 103 Å². The van der Waals surface area contributed by atoms with Crippen LogP contribution in [0.1, 0.15) is 155 Å². The van der Waals surface area contributed by atoms with E-state index in [-0.39, 0.29) is 11.9 Å². The van der Waals surface area contributed by atoms with E-state index in [4.69, 9.17) is 14.6 Å². The number of thioether (sulfide) groups is 1. The number of hydrogen-bond acceptors (Lipinski definition) is 6. The summed E-state index contributed by atoms with van der Waals surface area (Å²) in [5, 5.41) is 8.63. The number of rotatable bonds is 28. The summed E-state index contributed by atoms with van der Waals surface area (Å²) in [6.07, 6.45) is 26.5. The summed E-state index contributed by atoms with van der Waals surface area (Å²) in [5.41, 5.74) is 0. The molecule has 1 aromatic carbocycles. The molecule has 0 saturated heterocycles. The van der Waals surface area contributed by atoms with Crippen molar-refractivity contribution >= 4 is 23.7 Å². The summed E-state index contributed by atoms with van der Waals surface area (Å²) in [7, 11) is 0. The molecule has 0 radical (unpaired) electrons. The molecule has 0 aliphatic carbocycles. The predicted molar refractivity (Wildman–Crippen MR) is 180 cm³/mol. The largest absolute Gasteiger partial charge is 0.508 e. The van der Waals surface area contributed by atoms with Crippen molar-refractivity contribution in [3.05, 3.63) is 30.3 Å². The summed E-state index contributed by atoms with van der Waals surface area (Å²) in [6, 6.07) is 8.71. The normalized spacial score (nSPS) is 10.6. The first kappa shape index (κ1) is 40.3. The van der Waals surface area contributed by atoms with Crippen molar-refractivity contribution in [2.45, 2.75) is 155 Å². The number of benzene rings is 1. The molecule has 1 aromatic rings. The fourth-order valence-corrected chi connectivity index (χ4v) is 5.36. The SMILES string of the molecule is CCCCCCCCCCCCOC(=O)CCSCCC(=O)OCCCCCCCCCCCC.Oc1ccccc1. The number of phenols is 1. The monoisotopic (exact) mass is 608 g/mol. The van der Waals surface area contributed by atoms with Crippen LogP contribution in [-0.2, 0) is 19.1 Å². The van der Waals surface area contributed by atoms with E-state index in [1.807, 2.05) is 6.07 Å². The summed E-state index contributed by atoms with van der Waals surface area (Å²) in [6.45, 7) is 5.60. The molecule has 0 aromatic heterocycles. The van der Waals surface area contributed by atoms with Crippen LogP contribution in [0.15, 0.2) is 30.3 Å². The number of unbranched alkanes of at least 4 members (excludes halogenated alkanes) is 18. The van der Waals surface area contributed by atoms with Crippen LogP contribution in [0.25, 0.3) is 0 Å². The molecule has 5 nitrogen and oxygen atoms in total. The molecule has 0 atom stereocenters. The summed E-state index contributed by atoms with van der Waals surface area (Å²) in [4.78, 5) is 23.6. The van der Waals surface area contributed by atoms with Crippen molar-refractivity contribution < 1.29 is 24.2 Å². The van der Waals surface area contributed by atoms with Crippen molar-refractivity contribution in [1.82, 2.24) is 0 Å². The van der Waals surface area contributed by atoms with Gasteiger partial charge < -0.3 is 14.6 Å². The van der Waals surface area contributed by atoms with Crippen LogP contribution in [-0.4, -0.2) is 41.8 Å². The predicted octanol–water partition coefficient (Wildman–Crippen LogP) is 10.8. The molecule has 6 heteroatoms. The van der Waals surface area contributed by atoms with Crippen LogP contribution in [0, 0.1) is 0 Å². The zero-order valence-electron chi connectivity index (χ0n) is 27.3. The quantitative estimate of drug-likeness (QED) is 0.0753. The van der Waals surface area contributed by atoms with Crippen LogP contribution in [0.5, 0.6) is 5.75 Å². The smallest absolute Gasteiger partial charge is 0.306 e. The number of ether oxygens (including phenoxy) is 2. The third-order valence-electron chi connectivity index (χ3n) is 7.18. The Bertz CT molecular complexity index is 657. The maximum atomic E-state index is 11.8. The first-order chi connectivity index (χ1) is 20.6. The van der Waals surface area contributed by atoms with Crippen molar-refractivity contribution in [3.63, 3.8) is 0 Å². The van der Waals surface area contributed by atoms with Crippen molar-refractivity contribution in [2.24, 2.45) is 0 Å². The van der Waals surface area contributed by atoms with Gasteiger partial charge in [0, 0.05) is 11.5 Å². The number of carbonyl (C=O) groups is 2. The van der Waals surface area contributed by atoms with Crippen LogP contribution in [0.3, 0.4) is 0 Å². The second-order valence-electron chi connectivity index (χ2n) is 11.3. The highest BCUT2D eigenvalue weighted by Crippen LogP contribution is 2.12. The lowest BCUT2D eigenvalue weighted by Crippen LogP contribution is -2.09. The van der Waals surface area contributed by atoms with Gasteiger partial charge in [0.15, 0.2) is 0 Å². The Hall–Kier alpha value is -1.69. The Labute approximate surface area is 263 Å². The maximum Gasteiger partial charge on any atom is 0.306 e. The van der Waals surface area contributed by atoms with Crippen molar-refractivity contribution in [2.75, 3.05) is 24.7 Å². The summed E-state index contributed by atoms with van der Waals surface area (Å²) in [5.74, 6) is 1.52. The van der Waals surface area contributed by atoms with Gasteiger partial charge in [-0.15, -0.1) is 0 Å². The van der Waals surface area contributed by atoms with Gasteiger partial charge >= 0.3 is 11.9 Å². The molecule has 0 unspecified atom stereocenters. The number of para-hydroxylation sites is 1. The second kappa shape index (κ2) is 33.8. The lowest BCUT2D eigenvalue weighted by molar-refractivity contribution is -0.144. The highest BCUT2D eigenvalue weighted by Gasteiger charge is 2.06. The average Bonchev–Trinajstić information content (AvgIpc) is 2.99. The first-order valence-corrected chi connectivity index (χ1v) is 18.4. The van der Waals surface area contributed by atoms with E-state index in [9.17, 15) is 9.59 Å². The molecule has 0 fully saturated rings. The molecule has 42 heavy (non-hydrogen) atoms. The molecule has 244 valence electrons. The van der Waals surface area contributed by atoms with Crippen LogP contribution >= 0.6 is 11.8 Å². The number of carbonyl (C=O) groups excluding carboxylic acids is 2. The fraction of sp³-hybridized carbons (Fsp3) is 0.778. The zero-order chi connectivity index (χ0) is 30.8. The minimum Gasteiger partial charge on any atom is -0.508 e. The van der Waals surface area contributed by atoms with E-state index in [0.717, 1.165) is 25.7 Å². The Morgan fingerprint density at radius 3 is 1.19 bits per heavy atom. The minimum absolute atomic E-state index is 0.114. The highest BCUT2D eigenvalue weighted by molar-refractivity contribution is 7.99. The molecule has 0 saturated carbocycles. The van der Waals surface area contributed by atoms with E-state index >= 15 is 0 Å². The minimum atomic E-state index is -0.114. The van der Waals surface area contributed by atoms with Crippen molar-refractivity contribution in [1.29, 1.82) is 0 Å². The van der Waals surface area contributed by atoms with Crippen LogP contribution < -0.4 is 0 Å². The standard InChI is InChI=1S/C30H58O4S.C6H6O/c1-3-5-7-9-11-13-15-17-19-21-25-33-29(31)23-27-35-28-24-30(32)34-26-22-20-18-16-14-12-10-8-6-4-2;7-6-4-2-1-3-5-6/h3-28H2,1-2H3;1-5,7H. The van der Waals surface area contributed by atoms with Crippen molar-refractivity contribution in [3.8, 4) is 5.75 Å². The number of aromatic hydroxyl groups is 1. The van der Waals surface area contributed by atoms with Crippen LogP contribution in [0.4, 0.5) is 0 Å². The third kappa shape index (κ3) is 32.8.